The smallest absolute Gasteiger partial charge is 0.216 e. The van der Waals surface area contributed by atoms with Gasteiger partial charge in [-0.2, -0.15) is 5.26 Å². The normalized spacial score (nSPS) is 28.0. The molecule has 0 spiro atoms. The summed E-state index contributed by atoms with van der Waals surface area (Å²) in [6.45, 7) is 2.14. The maximum absolute atomic E-state index is 10.1. The molecule has 4 saturated carbocycles. The molecule has 3 nitrogen and oxygen atoms in total. The molecule has 0 amide bonds. The lowest BCUT2D eigenvalue weighted by molar-refractivity contribution is -0.660. The van der Waals surface area contributed by atoms with E-state index in [2.05, 4.69) is 67.2 Å². The fourth-order valence-electron chi connectivity index (χ4n) is 7.99. The molecule has 33 heavy (non-hydrogen) atoms. The van der Waals surface area contributed by atoms with Crippen LogP contribution in [0.4, 0.5) is 0 Å². The van der Waals surface area contributed by atoms with Crippen molar-refractivity contribution >= 4 is 21.9 Å². The molecule has 4 aliphatic carbocycles. The molecule has 4 aromatic rings. The van der Waals surface area contributed by atoms with Gasteiger partial charge in [-0.3, -0.25) is 0 Å². The summed E-state index contributed by atoms with van der Waals surface area (Å²) in [6, 6.07) is 17.7. The van der Waals surface area contributed by atoms with Crippen LogP contribution in [0.25, 0.3) is 33.2 Å². The van der Waals surface area contributed by atoms with Gasteiger partial charge in [-0.15, -0.1) is 0 Å². The lowest BCUT2D eigenvalue weighted by Crippen LogP contribution is -2.48. The number of aryl methyl sites for hydroxylation is 2. The molecule has 0 radical (unpaired) electrons. The average molecular weight is 434 g/mol. The number of rotatable bonds is 2. The van der Waals surface area contributed by atoms with E-state index in [-0.39, 0.29) is 5.41 Å². The number of pyridine rings is 1. The third-order valence-corrected chi connectivity index (χ3v) is 9.03. The van der Waals surface area contributed by atoms with E-state index in [1.54, 1.807) is 0 Å². The summed E-state index contributed by atoms with van der Waals surface area (Å²) in [5.41, 5.74) is 7.40. The van der Waals surface area contributed by atoms with Crippen LogP contribution in [0.3, 0.4) is 0 Å². The highest BCUT2D eigenvalue weighted by atomic mass is 16.3. The second kappa shape index (κ2) is 6.70. The van der Waals surface area contributed by atoms with Crippen LogP contribution in [0.1, 0.15) is 55.2 Å². The molecule has 2 heterocycles. The number of aromatic nitrogens is 1. The van der Waals surface area contributed by atoms with Gasteiger partial charge in [0.1, 0.15) is 18.7 Å². The van der Waals surface area contributed by atoms with Crippen molar-refractivity contribution in [3.63, 3.8) is 0 Å². The van der Waals surface area contributed by atoms with E-state index in [0.29, 0.717) is 5.56 Å². The third-order valence-electron chi connectivity index (χ3n) is 9.03. The highest BCUT2D eigenvalue weighted by molar-refractivity contribution is 6.11. The minimum absolute atomic E-state index is 0.261. The summed E-state index contributed by atoms with van der Waals surface area (Å²) < 4.78 is 8.67. The standard InChI is InChI=1S/C30H29N2O/c1-18-6-7-24-25-13-23(30-14-19-9-20(15-30)11-21(10-19)16-30)12-22(17-31)28(25)33-29(24)27(18)26-5-3-4-8-32(26)2/h3-8,12-13,19-21H,9-11,14-16H2,1-2H3/q+1. The predicted molar refractivity (Wildman–Crippen MR) is 130 cm³/mol. The van der Waals surface area contributed by atoms with Crippen molar-refractivity contribution in [1.82, 2.24) is 0 Å². The molecular weight excluding hydrogens is 404 g/mol. The van der Waals surface area contributed by atoms with Crippen molar-refractivity contribution in [2.75, 3.05) is 0 Å². The summed E-state index contributed by atoms with van der Waals surface area (Å²) in [5.74, 6) is 2.64. The highest BCUT2D eigenvalue weighted by Crippen LogP contribution is 2.61. The summed E-state index contributed by atoms with van der Waals surface area (Å²) >= 11 is 0. The maximum atomic E-state index is 10.1. The van der Waals surface area contributed by atoms with Crippen LogP contribution in [-0.4, -0.2) is 0 Å². The fraction of sp³-hybridized carbons (Fsp3) is 0.400. The molecule has 164 valence electrons. The van der Waals surface area contributed by atoms with Crippen molar-refractivity contribution in [2.24, 2.45) is 24.8 Å². The lowest BCUT2D eigenvalue weighted by Gasteiger charge is -2.57. The number of benzene rings is 2. The van der Waals surface area contributed by atoms with Crippen molar-refractivity contribution < 1.29 is 8.98 Å². The Balaban J connectivity index is 1.49. The lowest BCUT2D eigenvalue weighted by atomic mass is 9.48. The van der Waals surface area contributed by atoms with Crippen LogP contribution in [0.2, 0.25) is 0 Å². The Morgan fingerprint density at radius 2 is 1.67 bits per heavy atom. The van der Waals surface area contributed by atoms with E-state index < -0.39 is 0 Å². The second-order valence-corrected chi connectivity index (χ2v) is 11.1. The first-order valence-electron chi connectivity index (χ1n) is 12.4. The van der Waals surface area contributed by atoms with Crippen molar-refractivity contribution in [2.45, 2.75) is 50.9 Å². The Bertz CT molecular complexity index is 1450. The molecule has 0 unspecified atom stereocenters. The number of hydrogen-bond donors (Lipinski definition) is 0. The first-order chi connectivity index (χ1) is 16.0. The average Bonchev–Trinajstić information content (AvgIpc) is 3.17. The van der Waals surface area contributed by atoms with Crippen LogP contribution in [0.15, 0.2) is 53.1 Å². The van der Waals surface area contributed by atoms with Gasteiger partial charge in [0.15, 0.2) is 11.8 Å². The Labute approximate surface area is 194 Å². The van der Waals surface area contributed by atoms with Crippen molar-refractivity contribution in [3.05, 3.63) is 65.4 Å². The summed E-state index contributed by atoms with van der Waals surface area (Å²) in [5, 5.41) is 12.4. The summed E-state index contributed by atoms with van der Waals surface area (Å²) in [4.78, 5) is 0. The number of nitriles is 1. The largest absolute Gasteiger partial charge is 0.454 e. The molecule has 2 aromatic heterocycles. The predicted octanol–water partition coefficient (Wildman–Crippen LogP) is 6.73. The quantitative estimate of drug-likeness (QED) is 0.329. The number of hydrogen-bond acceptors (Lipinski definition) is 2. The van der Waals surface area contributed by atoms with Gasteiger partial charge >= 0.3 is 0 Å². The van der Waals surface area contributed by atoms with Crippen LogP contribution in [0, 0.1) is 36.0 Å². The number of nitrogens with zero attached hydrogens (tertiary/aromatic N) is 2. The third kappa shape index (κ3) is 2.70. The van der Waals surface area contributed by atoms with Crippen LogP contribution in [0.5, 0.6) is 0 Å². The molecular formula is C30H29N2O+. The highest BCUT2D eigenvalue weighted by Gasteiger charge is 2.51. The van der Waals surface area contributed by atoms with Crippen LogP contribution < -0.4 is 4.57 Å². The second-order valence-electron chi connectivity index (χ2n) is 11.1. The molecule has 3 heteroatoms. The fourth-order valence-corrected chi connectivity index (χ4v) is 7.99. The molecule has 4 fully saturated rings. The zero-order valence-electron chi connectivity index (χ0n) is 19.4. The van der Waals surface area contributed by atoms with Gasteiger partial charge in [-0.05, 0) is 97.9 Å². The Kier molecular flexibility index (Phi) is 3.93. The molecule has 4 bridgehead atoms. The molecule has 4 aliphatic rings. The molecule has 0 saturated heterocycles. The Morgan fingerprint density at radius 3 is 2.33 bits per heavy atom. The topological polar surface area (TPSA) is 40.8 Å². The van der Waals surface area contributed by atoms with Gasteiger partial charge in [0, 0.05) is 22.9 Å². The van der Waals surface area contributed by atoms with Gasteiger partial charge in [-0.25, -0.2) is 4.57 Å². The van der Waals surface area contributed by atoms with E-state index in [1.165, 1.54) is 49.7 Å². The summed E-state index contributed by atoms with van der Waals surface area (Å²) in [6.07, 6.45) is 10.3. The van der Waals surface area contributed by atoms with E-state index >= 15 is 0 Å². The molecule has 0 N–H and O–H groups in total. The van der Waals surface area contributed by atoms with Gasteiger partial charge in [0.05, 0.1) is 11.1 Å². The molecule has 0 atom stereocenters. The van der Waals surface area contributed by atoms with E-state index in [4.69, 9.17) is 4.42 Å². The van der Waals surface area contributed by atoms with E-state index in [0.717, 1.165) is 50.9 Å². The van der Waals surface area contributed by atoms with Crippen molar-refractivity contribution in [3.8, 4) is 17.3 Å². The minimum Gasteiger partial charge on any atom is -0.454 e. The van der Waals surface area contributed by atoms with Gasteiger partial charge < -0.3 is 4.42 Å². The first-order valence-corrected chi connectivity index (χ1v) is 12.4. The Hall–Kier alpha value is -3.12. The number of fused-ring (bicyclic) bond motifs is 3. The first kappa shape index (κ1) is 19.4. The molecule has 2 aromatic carbocycles. The van der Waals surface area contributed by atoms with Crippen molar-refractivity contribution in [1.29, 1.82) is 5.26 Å². The van der Waals surface area contributed by atoms with E-state index in [9.17, 15) is 5.26 Å². The molecule has 8 rings (SSSR count). The number of furan rings is 1. The summed E-state index contributed by atoms with van der Waals surface area (Å²) in [7, 11) is 2.07. The Morgan fingerprint density at radius 1 is 0.939 bits per heavy atom. The maximum Gasteiger partial charge on any atom is 0.216 e. The zero-order valence-corrected chi connectivity index (χ0v) is 19.4. The van der Waals surface area contributed by atoms with Gasteiger partial charge in [0.25, 0.3) is 0 Å². The minimum atomic E-state index is 0.261. The van der Waals surface area contributed by atoms with Gasteiger partial charge in [0.2, 0.25) is 5.69 Å². The SMILES string of the molecule is Cc1ccc2c(oc3c(C#N)cc(C45CC6CC(CC(C6)C4)C5)cc32)c1-c1cccc[n+]1C. The van der Waals surface area contributed by atoms with Crippen LogP contribution in [-0.2, 0) is 12.5 Å². The van der Waals surface area contributed by atoms with E-state index in [1.807, 2.05) is 6.07 Å². The monoisotopic (exact) mass is 433 g/mol. The molecule has 0 aliphatic heterocycles. The van der Waals surface area contributed by atoms with Gasteiger partial charge in [-0.1, -0.05) is 12.1 Å². The van der Waals surface area contributed by atoms with Crippen LogP contribution >= 0.6 is 0 Å². The zero-order chi connectivity index (χ0) is 22.3.